The van der Waals surface area contributed by atoms with Crippen molar-refractivity contribution in [3.63, 3.8) is 0 Å². The molecular formula is C28H26ClFN4O2. The van der Waals surface area contributed by atoms with Crippen LogP contribution >= 0.6 is 11.6 Å². The minimum Gasteiger partial charge on any atom is -0.342 e. The van der Waals surface area contributed by atoms with E-state index in [1.54, 1.807) is 48.7 Å². The third-order valence-corrected chi connectivity index (χ3v) is 6.09. The van der Waals surface area contributed by atoms with Gasteiger partial charge in [-0.3, -0.25) is 9.59 Å². The SMILES string of the molecule is CC(C)C(NC(=O)c1ccc(Cl)cc1)C(=O)N/N=C\c1cn(Cc2ccccc2F)c2ccccc12. The van der Waals surface area contributed by atoms with Gasteiger partial charge in [0, 0.05) is 38.8 Å². The van der Waals surface area contributed by atoms with Crippen LogP contribution in [-0.2, 0) is 11.3 Å². The molecule has 4 aromatic rings. The predicted octanol–water partition coefficient (Wildman–Crippen LogP) is 5.39. The summed E-state index contributed by atoms with van der Waals surface area (Å²) in [4.78, 5) is 25.4. The first-order valence-electron chi connectivity index (χ1n) is 11.5. The summed E-state index contributed by atoms with van der Waals surface area (Å²) in [5, 5.41) is 8.35. The zero-order valence-corrected chi connectivity index (χ0v) is 20.7. The summed E-state index contributed by atoms with van der Waals surface area (Å²) < 4.78 is 16.2. The number of para-hydroxylation sites is 1. The Hall–Kier alpha value is -3.97. The van der Waals surface area contributed by atoms with Crippen LogP contribution in [0.5, 0.6) is 0 Å². The van der Waals surface area contributed by atoms with E-state index < -0.39 is 11.9 Å². The third kappa shape index (κ3) is 5.80. The van der Waals surface area contributed by atoms with Crippen molar-refractivity contribution < 1.29 is 14.0 Å². The maximum Gasteiger partial charge on any atom is 0.262 e. The van der Waals surface area contributed by atoms with Gasteiger partial charge in [-0.2, -0.15) is 5.10 Å². The summed E-state index contributed by atoms with van der Waals surface area (Å²) >= 11 is 5.89. The van der Waals surface area contributed by atoms with Crippen LogP contribution in [0.2, 0.25) is 5.02 Å². The van der Waals surface area contributed by atoms with Crippen molar-refractivity contribution in [1.82, 2.24) is 15.3 Å². The van der Waals surface area contributed by atoms with E-state index >= 15 is 0 Å². The van der Waals surface area contributed by atoms with Gasteiger partial charge in [0.2, 0.25) is 0 Å². The molecule has 0 fully saturated rings. The molecule has 0 saturated heterocycles. The lowest BCUT2D eigenvalue weighted by molar-refractivity contribution is -0.123. The van der Waals surface area contributed by atoms with Crippen LogP contribution in [0.1, 0.15) is 35.3 Å². The first-order valence-corrected chi connectivity index (χ1v) is 11.9. The number of carbonyl (C=O) groups is 2. The van der Waals surface area contributed by atoms with Crippen molar-refractivity contribution in [1.29, 1.82) is 0 Å². The van der Waals surface area contributed by atoms with Crippen LogP contribution in [0.15, 0.2) is 84.1 Å². The van der Waals surface area contributed by atoms with Gasteiger partial charge in [-0.15, -0.1) is 0 Å². The Morgan fingerprint density at radius 2 is 1.72 bits per heavy atom. The van der Waals surface area contributed by atoms with Gasteiger partial charge in [-0.1, -0.05) is 61.8 Å². The van der Waals surface area contributed by atoms with E-state index in [2.05, 4.69) is 15.8 Å². The molecule has 6 nitrogen and oxygen atoms in total. The zero-order chi connectivity index (χ0) is 25.7. The number of halogens is 2. The average Bonchev–Trinajstić information content (AvgIpc) is 3.21. The van der Waals surface area contributed by atoms with E-state index in [9.17, 15) is 14.0 Å². The third-order valence-electron chi connectivity index (χ3n) is 5.84. The maximum atomic E-state index is 14.2. The van der Waals surface area contributed by atoms with Crippen LogP contribution < -0.4 is 10.7 Å². The van der Waals surface area contributed by atoms with E-state index in [0.29, 0.717) is 22.7 Å². The Kier molecular flexibility index (Phi) is 7.80. The number of hydrazone groups is 1. The highest BCUT2D eigenvalue weighted by Crippen LogP contribution is 2.22. The van der Waals surface area contributed by atoms with Gasteiger partial charge in [0.05, 0.1) is 12.8 Å². The van der Waals surface area contributed by atoms with Crippen molar-refractivity contribution in [2.24, 2.45) is 11.0 Å². The Labute approximate surface area is 213 Å². The van der Waals surface area contributed by atoms with Crippen LogP contribution in [-0.4, -0.2) is 28.6 Å². The number of aromatic nitrogens is 1. The van der Waals surface area contributed by atoms with Gasteiger partial charge in [-0.25, -0.2) is 9.82 Å². The Morgan fingerprint density at radius 3 is 2.44 bits per heavy atom. The molecule has 0 bridgehead atoms. The zero-order valence-electron chi connectivity index (χ0n) is 19.9. The number of rotatable bonds is 8. The van der Waals surface area contributed by atoms with Gasteiger partial charge in [0.15, 0.2) is 0 Å². The summed E-state index contributed by atoms with van der Waals surface area (Å²) in [6.45, 7) is 4.04. The molecule has 2 N–H and O–H groups in total. The number of nitrogens with zero attached hydrogens (tertiary/aromatic N) is 2. The summed E-state index contributed by atoms with van der Waals surface area (Å²) in [6.07, 6.45) is 3.42. The van der Waals surface area contributed by atoms with E-state index in [4.69, 9.17) is 11.6 Å². The molecule has 4 rings (SSSR count). The minimum atomic E-state index is -0.785. The molecule has 184 valence electrons. The molecule has 0 saturated carbocycles. The molecule has 0 spiro atoms. The molecule has 1 atom stereocenters. The topological polar surface area (TPSA) is 75.5 Å². The van der Waals surface area contributed by atoms with E-state index in [-0.39, 0.29) is 17.6 Å². The Bertz CT molecular complexity index is 1410. The Balaban J connectivity index is 1.49. The summed E-state index contributed by atoms with van der Waals surface area (Å²) in [7, 11) is 0. The van der Waals surface area contributed by atoms with Crippen molar-refractivity contribution in [3.05, 3.63) is 107 Å². The van der Waals surface area contributed by atoms with E-state index in [1.807, 2.05) is 48.9 Å². The normalized spacial score (nSPS) is 12.2. The van der Waals surface area contributed by atoms with Crippen molar-refractivity contribution >= 4 is 40.5 Å². The molecule has 0 aliphatic carbocycles. The molecule has 0 radical (unpaired) electrons. The summed E-state index contributed by atoms with van der Waals surface area (Å²) in [6, 6.07) is 20.0. The Morgan fingerprint density at radius 1 is 1.03 bits per heavy atom. The second-order valence-corrected chi connectivity index (χ2v) is 9.19. The van der Waals surface area contributed by atoms with Gasteiger partial charge in [0.1, 0.15) is 11.9 Å². The minimum absolute atomic E-state index is 0.167. The first kappa shape index (κ1) is 25.1. The molecule has 0 aliphatic heterocycles. The smallest absolute Gasteiger partial charge is 0.262 e. The molecular weight excluding hydrogens is 479 g/mol. The fourth-order valence-electron chi connectivity index (χ4n) is 3.91. The van der Waals surface area contributed by atoms with Crippen LogP contribution in [0.25, 0.3) is 10.9 Å². The van der Waals surface area contributed by atoms with Gasteiger partial charge in [-0.05, 0) is 42.3 Å². The van der Waals surface area contributed by atoms with E-state index in [1.165, 1.54) is 6.07 Å². The number of nitrogens with one attached hydrogen (secondary N) is 2. The average molecular weight is 505 g/mol. The van der Waals surface area contributed by atoms with Gasteiger partial charge in [0.25, 0.3) is 11.8 Å². The van der Waals surface area contributed by atoms with Crippen molar-refractivity contribution in [2.45, 2.75) is 26.4 Å². The lowest BCUT2D eigenvalue weighted by atomic mass is 10.0. The monoisotopic (exact) mass is 504 g/mol. The largest absolute Gasteiger partial charge is 0.342 e. The number of fused-ring (bicyclic) bond motifs is 1. The van der Waals surface area contributed by atoms with Crippen LogP contribution in [0.3, 0.4) is 0 Å². The maximum absolute atomic E-state index is 14.2. The number of carbonyl (C=O) groups excluding carboxylic acids is 2. The second-order valence-electron chi connectivity index (χ2n) is 8.76. The van der Waals surface area contributed by atoms with E-state index in [0.717, 1.165) is 16.5 Å². The fraction of sp³-hybridized carbons (Fsp3) is 0.179. The van der Waals surface area contributed by atoms with Crippen LogP contribution in [0.4, 0.5) is 4.39 Å². The number of hydrogen-bond donors (Lipinski definition) is 2. The molecule has 1 unspecified atom stereocenters. The van der Waals surface area contributed by atoms with Gasteiger partial charge < -0.3 is 9.88 Å². The van der Waals surface area contributed by atoms with Crippen molar-refractivity contribution in [2.75, 3.05) is 0 Å². The van der Waals surface area contributed by atoms with Crippen molar-refractivity contribution in [3.8, 4) is 0 Å². The standard InChI is InChI=1S/C28H26ClFN4O2/c1-18(2)26(32-27(35)19-11-13-22(29)14-12-19)28(36)33-31-15-21-17-34(25-10-6-4-8-23(21)25)16-20-7-3-5-9-24(20)30/h3-15,17-18,26H,16H2,1-2H3,(H,32,35)(H,33,36)/b31-15-. The first-order chi connectivity index (χ1) is 17.3. The number of benzene rings is 3. The molecule has 36 heavy (non-hydrogen) atoms. The fourth-order valence-corrected chi connectivity index (χ4v) is 4.04. The predicted molar refractivity (Wildman–Crippen MR) is 141 cm³/mol. The second kappa shape index (κ2) is 11.2. The van der Waals surface area contributed by atoms with Gasteiger partial charge >= 0.3 is 0 Å². The lowest BCUT2D eigenvalue weighted by Crippen LogP contribution is -2.48. The number of hydrogen-bond acceptors (Lipinski definition) is 3. The summed E-state index contributed by atoms with van der Waals surface area (Å²) in [5.41, 5.74) is 5.21. The molecule has 0 aliphatic rings. The molecule has 2 amide bonds. The van der Waals surface area contributed by atoms with Crippen LogP contribution in [0, 0.1) is 11.7 Å². The highest BCUT2D eigenvalue weighted by molar-refractivity contribution is 6.30. The lowest BCUT2D eigenvalue weighted by Gasteiger charge is -2.20. The molecule has 1 heterocycles. The summed E-state index contributed by atoms with van der Waals surface area (Å²) in [5.74, 6) is -1.24. The molecule has 1 aromatic heterocycles. The number of amides is 2. The molecule has 8 heteroatoms. The highest BCUT2D eigenvalue weighted by Gasteiger charge is 2.24. The molecule has 3 aromatic carbocycles. The highest BCUT2D eigenvalue weighted by atomic mass is 35.5. The quantitative estimate of drug-likeness (QED) is 0.249.